The molecular weight excluding hydrogens is 211 g/mol. The van der Waals surface area contributed by atoms with Crippen molar-refractivity contribution >= 4 is 18.4 Å². The Morgan fingerprint density at radius 1 is 1.31 bits per heavy atom. The van der Waals surface area contributed by atoms with Crippen molar-refractivity contribution < 1.29 is 16.7 Å². The molecule has 3 nitrogen and oxygen atoms in total. The van der Waals surface area contributed by atoms with Crippen LogP contribution in [0, 0.1) is 0 Å². The normalized spacial score (nSPS) is 14.6. The van der Waals surface area contributed by atoms with Gasteiger partial charge in [0.05, 0.1) is 0 Å². The lowest BCUT2D eigenvalue weighted by molar-refractivity contribution is 0.430. The second-order valence-electron chi connectivity index (χ2n) is 4.51. The Hall–Kier alpha value is 0.0569. The summed E-state index contributed by atoms with van der Waals surface area (Å²) in [5, 5.41) is -0.227. The Kier molecular flexibility index (Phi) is 3.68. The minimum absolute atomic E-state index is 0.227. The van der Waals surface area contributed by atoms with Crippen LogP contribution in [0.4, 0.5) is 4.39 Å². The van der Waals surface area contributed by atoms with E-state index in [2.05, 4.69) is 0 Å². The summed E-state index contributed by atoms with van der Waals surface area (Å²) in [4.78, 5) is 0. The van der Waals surface area contributed by atoms with Gasteiger partial charge in [-0.15, -0.1) is 0 Å². The van der Waals surface area contributed by atoms with E-state index in [0.717, 1.165) is 0 Å². The largest absolute Gasteiger partial charge is 0.313 e. The van der Waals surface area contributed by atoms with Crippen LogP contribution in [0.3, 0.4) is 0 Å². The molecule has 0 rings (SSSR count). The summed E-state index contributed by atoms with van der Waals surface area (Å²) < 4.78 is 38.7. The number of alkyl halides is 1. The average Bonchev–Trinajstić information content (AvgIpc) is 1.83. The van der Waals surface area contributed by atoms with Crippen LogP contribution in [-0.2, 0) is 14.0 Å². The van der Waals surface area contributed by atoms with Crippen molar-refractivity contribution in [3.63, 3.8) is 0 Å². The minimum atomic E-state index is -3.97. The zero-order valence-corrected chi connectivity index (χ0v) is 10.5. The van der Waals surface area contributed by atoms with Crippen LogP contribution in [-0.4, -0.2) is 22.7 Å². The third kappa shape index (κ3) is 3.74. The van der Waals surface area contributed by atoms with Crippen molar-refractivity contribution in [2.45, 2.75) is 38.9 Å². The number of hydrogen-bond donors (Lipinski definition) is 0. The topological polar surface area (TPSA) is 43.4 Å². The van der Waals surface area contributed by atoms with E-state index in [0.29, 0.717) is 0 Å². The lowest BCUT2D eigenvalue weighted by Gasteiger charge is -2.34. The summed E-state index contributed by atoms with van der Waals surface area (Å²) in [6.45, 7) is 9.22. The molecule has 6 heteroatoms. The summed E-state index contributed by atoms with van der Waals surface area (Å²) in [6, 6.07) is -1.44. The first-order chi connectivity index (χ1) is 5.52. The molecule has 0 aromatic rings. The van der Waals surface area contributed by atoms with E-state index in [4.69, 9.17) is 3.87 Å². The lowest BCUT2D eigenvalue weighted by atomic mass is 10.2. The van der Waals surface area contributed by atoms with E-state index in [1.165, 1.54) is 0 Å². The smallest absolute Gasteiger partial charge is 0.287 e. The van der Waals surface area contributed by atoms with Gasteiger partial charge in [0.25, 0.3) is 10.1 Å². The molecule has 0 unspecified atom stereocenters. The Morgan fingerprint density at radius 2 is 1.69 bits per heavy atom. The Bertz CT molecular complexity index is 266. The molecule has 0 aliphatic carbocycles. The summed E-state index contributed by atoms with van der Waals surface area (Å²) in [5.74, 6) is 0. The lowest BCUT2D eigenvalue weighted by Crippen LogP contribution is -2.42. The maximum atomic E-state index is 12.0. The molecule has 0 radical (unpaired) electrons. The van der Waals surface area contributed by atoms with Crippen LogP contribution in [0.2, 0.25) is 18.1 Å². The molecule has 80 valence electrons. The van der Waals surface area contributed by atoms with Crippen LogP contribution in [0.5, 0.6) is 0 Å². The van der Waals surface area contributed by atoms with Crippen molar-refractivity contribution in [2.75, 3.05) is 6.01 Å². The molecule has 0 aliphatic rings. The molecule has 0 aromatic heterocycles. The summed E-state index contributed by atoms with van der Waals surface area (Å²) in [6.07, 6.45) is 0. The molecule has 0 saturated carbocycles. The molecular formula is C7H17FO3SSi. The van der Waals surface area contributed by atoms with Crippen LogP contribution < -0.4 is 0 Å². The van der Waals surface area contributed by atoms with Gasteiger partial charge in [-0.25, -0.2) is 4.39 Å². The second-order valence-corrected chi connectivity index (χ2v) is 11.0. The number of rotatable bonds is 3. The molecule has 0 amide bonds. The molecule has 0 spiro atoms. The fourth-order valence-electron chi connectivity index (χ4n) is 0.465. The monoisotopic (exact) mass is 228 g/mol. The number of hydrogen-bond acceptors (Lipinski definition) is 3. The van der Waals surface area contributed by atoms with Gasteiger partial charge in [0.15, 0.2) is 0 Å². The van der Waals surface area contributed by atoms with Crippen LogP contribution in [0.15, 0.2) is 0 Å². The zero-order chi connectivity index (χ0) is 10.9. The van der Waals surface area contributed by atoms with Crippen molar-refractivity contribution in [3.05, 3.63) is 0 Å². The molecule has 0 atom stereocenters. The van der Waals surface area contributed by atoms with E-state index in [1.807, 2.05) is 20.8 Å². The van der Waals surface area contributed by atoms with E-state index in [1.54, 1.807) is 13.1 Å². The van der Waals surface area contributed by atoms with Gasteiger partial charge in [-0.05, 0) is 18.1 Å². The van der Waals surface area contributed by atoms with Crippen LogP contribution in [0.25, 0.3) is 0 Å². The van der Waals surface area contributed by atoms with E-state index >= 15 is 0 Å². The van der Waals surface area contributed by atoms with Gasteiger partial charge in [0, 0.05) is 0 Å². The first-order valence-electron chi connectivity index (χ1n) is 4.01. The fraction of sp³-hybridized carbons (Fsp3) is 1.00. The quantitative estimate of drug-likeness (QED) is 0.696. The maximum Gasteiger partial charge on any atom is 0.287 e. The minimum Gasteiger partial charge on any atom is -0.313 e. The summed E-state index contributed by atoms with van der Waals surface area (Å²) in [5.41, 5.74) is 0. The van der Waals surface area contributed by atoms with Crippen molar-refractivity contribution in [1.82, 2.24) is 0 Å². The highest BCUT2D eigenvalue weighted by atomic mass is 32.2. The highest BCUT2D eigenvalue weighted by Crippen LogP contribution is 2.37. The predicted octanol–water partition coefficient (Wildman–Crippen LogP) is 2.27. The summed E-state index contributed by atoms with van der Waals surface area (Å²) in [7, 11) is -6.35. The molecule has 0 aromatic carbocycles. The summed E-state index contributed by atoms with van der Waals surface area (Å²) >= 11 is 0. The Morgan fingerprint density at radius 3 is 1.92 bits per heavy atom. The Balaban J connectivity index is 4.72. The average molecular weight is 228 g/mol. The van der Waals surface area contributed by atoms with Gasteiger partial charge < -0.3 is 3.87 Å². The molecule has 0 N–H and O–H groups in total. The highest BCUT2D eigenvalue weighted by molar-refractivity contribution is 7.87. The third-order valence-corrected chi connectivity index (χ3v) is 8.84. The highest BCUT2D eigenvalue weighted by Gasteiger charge is 2.41. The van der Waals surface area contributed by atoms with Crippen LogP contribution in [0.1, 0.15) is 20.8 Å². The molecule has 0 bridgehead atoms. The van der Waals surface area contributed by atoms with Gasteiger partial charge in [-0.3, -0.25) is 0 Å². The standard InChI is InChI=1S/C7H17FO3SSi/c1-7(2,3)13(4,5)11-12(9,10)6-8/h6H2,1-5H3. The maximum absolute atomic E-state index is 12.0. The second kappa shape index (κ2) is 3.66. The van der Waals surface area contributed by atoms with Crippen molar-refractivity contribution in [3.8, 4) is 0 Å². The van der Waals surface area contributed by atoms with Gasteiger partial charge >= 0.3 is 0 Å². The SMILES string of the molecule is CC(C)(C)[Si](C)(C)OS(=O)(=O)CF. The molecule has 13 heavy (non-hydrogen) atoms. The first kappa shape index (κ1) is 13.1. The molecule has 0 heterocycles. The van der Waals surface area contributed by atoms with Gasteiger partial charge in [0.2, 0.25) is 14.3 Å². The predicted molar refractivity (Wildman–Crippen MR) is 53.2 cm³/mol. The fourth-order valence-corrected chi connectivity index (χ4v) is 4.18. The van der Waals surface area contributed by atoms with E-state index < -0.39 is 24.4 Å². The third-order valence-electron chi connectivity index (χ3n) is 2.28. The van der Waals surface area contributed by atoms with Gasteiger partial charge in [-0.1, -0.05) is 20.8 Å². The molecule has 0 fully saturated rings. The molecule has 0 saturated heterocycles. The van der Waals surface area contributed by atoms with Crippen molar-refractivity contribution in [1.29, 1.82) is 0 Å². The first-order valence-corrected chi connectivity index (χ1v) is 8.50. The van der Waals surface area contributed by atoms with E-state index in [-0.39, 0.29) is 5.04 Å². The van der Waals surface area contributed by atoms with Gasteiger partial charge in [-0.2, -0.15) is 8.42 Å². The van der Waals surface area contributed by atoms with E-state index in [9.17, 15) is 12.8 Å². The molecule has 0 aliphatic heterocycles. The van der Waals surface area contributed by atoms with Crippen molar-refractivity contribution in [2.24, 2.45) is 0 Å². The zero-order valence-electron chi connectivity index (χ0n) is 8.72. The number of halogens is 1. The van der Waals surface area contributed by atoms with Gasteiger partial charge in [0.1, 0.15) is 0 Å². The van der Waals surface area contributed by atoms with Crippen LogP contribution >= 0.6 is 0 Å². The Labute approximate surface area is 80.5 Å².